The van der Waals surface area contributed by atoms with Crippen molar-refractivity contribution in [3.63, 3.8) is 0 Å². The third-order valence-corrected chi connectivity index (χ3v) is 3.72. The fraction of sp³-hybridized carbons (Fsp3) is 0.235. The van der Waals surface area contributed by atoms with Gasteiger partial charge in [0.1, 0.15) is 0 Å². The molecule has 0 radical (unpaired) electrons. The summed E-state index contributed by atoms with van der Waals surface area (Å²) in [6, 6.07) is 14.6. The van der Waals surface area contributed by atoms with E-state index in [1.165, 1.54) is 11.4 Å². The van der Waals surface area contributed by atoms with Gasteiger partial charge in [0.25, 0.3) is 0 Å². The van der Waals surface area contributed by atoms with Crippen molar-refractivity contribution < 1.29 is 0 Å². The highest BCUT2D eigenvalue weighted by Crippen LogP contribution is 2.17. The molecule has 0 amide bonds. The zero-order valence-electron chi connectivity index (χ0n) is 12.6. The van der Waals surface area contributed by atoms with Gasteiger partial charge in [0.15, 0.2) is 0 Å². The Morgan fingerprint density at radius 2 is 1.67 bits per heavy atom. The Labute approximate surface area is 125 Å². The van der Waals surface area contributed by atoms with Crippen LogP contribution in [0.15, 0.2) is 54.9 Å². The summed E-state index contributed by atoms with van der Waals surface area (Å²) in [5.41, 5.74) is 8.14. The van der Waals surface area contributed by atoms with Crippen molar-refractivity contribution in [2.45, 2.75) is 26.8 Å². The Balaban J connectivity index is 1.80. The van der Waals surface area contributed by atoms with Crippen molar-refractivity contribution in [2.24, 2.45) is 0 Å². The lowest BCUT2D eigenvalue weighted by atomic mass is 10.2. The molecule has 1 N–H and O–H groups in total. The predicted molar refractivity (Wildman–Crippen MR) is 85.2 cm³/mol. The van der Waals surface area contributed by atoms with E-state index in [1.54, 1.807) is 0 Å². The standard InChI is InChI=1S/C17H20N4/c1-13-9-10-14(2)21(13)19-15(3)16-11-18-20(12-16)17-7-5-4-6-8-17/h4-12,15,19H,1-3H3. The first-order chi connectivity index (χ1) is 10.1. The largest absolute Gasteiger partial charge is 0.319 e. The van der Waals surface area contributed by atoms with Crippen molar-refractivity contribution in [3.05, 3.63) is 71.8 Å². The zero-order valence-corrected chi connectivity index (χ0v) is 12.6. The lowest BCUT2D eigenvalue weighted by molar-refractivity contribution is 0.699. The molecule has 0 aliphatic heterocycles. The van der Waals surface area contributed by atoms with Crippen LogP contribution in [0.25, 0.3) is 5.69 Å². The van der Waals surface area contributed by atoms with Crippen LogP contribution in [-0.2, 0) is 0 Å². The minimum atomic E-state index is 0.187. The summed E-state index contributed by atoms with van der Waals surface area (Å²) in [6.45, 7) is 6.34. The van der Waals surface area contributed by atoms with Crippen LogP contribution >= 0.6 is 0 Å². The zero-order chi connectivity index (χ0) is 14.8. The third kappa shape index (κ3) is 2.70. The van der Waals surface area contributed by atoms with E-state index in [1.807, 2.05) is 29.1 Å². The van der Waals surface area contributed by atoms with E-state index in [0.717, 1.165) is 11.3 Å². The minimum Gasteiger partial charge on any atom is -0.319 e. The number of nitrogens with zero attached hydrogens (tertiary/aromatic N) is 3. The predicted octanol–water partition coefficient (Wildman–Crippen LogP) is 3.60. The number of para-hydroxylation sites is 1. The number of hydrogen-bond donors (Lipinski definition) is 1. The molecule has 0 fully saturated rings. The summed E-state index contributed by atoms with van der Waals surface area (Å²) in [6.07, 6.45) is 3.99. The molecule has 0 saturated heterocycles. The van der Waals surface area contributed by atoms with Gasteiger partial charge in [-0.15, -0.1) is 0 Å². The van der Waals surface area contributed by atoms with Crippen molar-refractivity contribution in [3.8, 4) is 5.69 Å². The van der Waals surface area contributed by atoms with E-state index < -0.39 is 0 Å². The average molecular weight is 280 g/mol. The van der Waals surface area contributed by atoms with Crippen LogP contribution in [-0.4, -0.2) is 14.5 Å². The Bertz CT molecular complexity index is 705. The molecule has 0 spiro atoms. The molecule has 1 unspecified atom stereocenters. The first-order valence-corrected chi connectivity index (χ1v) is 7.16. The van der Waals surface area contributed by atoms with Crippen molar-refractivity contribution >= 4 is 0 Å². The van der Waals surface area contributed by atoms with E-state index in [9.17, 15) is 0 Å². The van der Waals surface area contributed by atoms with Gasteiger partial charge in [-0.05, 0) is 45.0 Å². The van der Waals surface area contributed by atoms with Gasteiger partial charge >= 0.3 is 0 Å². The van der Waals surface area contributed by atoms with Crippen LogP contribution in [0.3, 0.4) is 0 Å². The summed E-state index contributed by atoms with van der Waals surface area (Å²) >= 11 is 0. The molecular formula is C17H20N4. The maximum Gasteiger partial charge on any atom is 0.0676 e. The monoisotopic (exact) mass is 280 g/mol. The third-order valence-electron chi connectivity index (χ3n) is 3.72. The lowest BCUT2D eigenvalue weighted by Crippen LogP contribution is -2.20. The molecule has 21 heavy (non-hydrogen) atoms. The second-order valence-corrected chi connectivity index (χ2v) is 5.36. The van der Waals surface area contributed by atoms with E-state index in [-0.39, 0.29) is 6.04 Å². The molecule has 108 valence electrons. The highest BCUT2D eigenvalue weighted by molar-refractivity contribution is 5.31. The lowest BCUT2D eigenvalue weighted by Gasteiger charge is -2.18. The second-order valence-electron chi connectivity index (χ2n) is 5.36. The van der Waals surface area contributed by atoms with Crippen LogP contribution in [0.5, 0.6) is 0 Å². The van der Waals surface area contributed by atoms with Crippen LogP contribution in [0.2, 0.25) is 0 Å². The van der Waals surface area contributed by atoms with E-state index in [2.05, 4.69) is 66.4 Å². The first kappa shape index (κ1) is 13.5. The fourth-order valence-corrected chi connectivity index (χ4v) is 2.42. The molecular weight excluding hydrogens is 260 g/mol. The summed E-state index contributed by atoms with van der Waals surface area (Å²) in [7, 11) is 0. The maximum atomic E-state index is 4.45. The van der Waals surface area contributed by atoms with Gasteiger partial charge in [-0.1, -0.05) is 18.2 Å². The van der Waals surface area contributed by atoms with Crippen molar-refractivity contribution in [1.29, 1.82) is 0 Å². The van der Waals surface area contributed by atoms with Gasteiger partial charge in [-0.3, -0.25) is 4.68 Å². The molecule has 0 saturated carbocycles. The summed E-state index contributed by atoms with van der Waals surface area (Å²) < 4.78 is 4.02. The van der Waals surface area contributed by atoms with Gasteiger partial charge in [0, 0.05) is 23.1 Å². The Kier molecular flexibility index (Phi) is 3.52. The second kappa shape index (κ2) is 5.48. The number of hydrogen-bond acceptors (Lipinski definition) is 2. The normalized spacial score (nSPS) is 12.3. The Morgan fingerprint density at radius 1 is 1.00 bits per heavy atom. The van der Waals surface area contributed by atoms with Crippen LogP contribution in [0.1, 0.15) is 29.9 Å². The summed E-state index contributed by atoms with van der Waals surface area (Å²) in [5, 5.41) is 4.45. The van der Waals surface area contributed by atoms with Gasteiger partial charge in [-0.25, -0.2) is 4.68 Å². The van der Waals surface area contributed by atoms with Crippen LogP contribution in [0.4, 0.5) is 0 Å². The van der Waals surface area contributed by atoms with Crippen molar-refractivity contribution in [1.82, 2.24) is 14.5 Å². The van der Waals surface area contributed by atoms with E-state index >= 15 is 0 Å². The maximum absolute atomic E-state index is 4.45. The number of benzene rings is 1. The van der Waals surface area contributed by atoms with Gasteiger partial charge in [0.05, 0.1) is 17.9 Å². The number of rotatable bonds is 4. The van der Waals surface area contributed by atoms with Gasteiger partial charge in [0.2, 0.25) is 0 Å². The molecule has 0 aliphatic rings. The number of nitrogens with one attached hydrogen (secondary N) is 1. The van der Waals surface area contributed by atoms with Crippen LogP contribution < -0.4 is 5.43 Å². The van der Waals surface area contributed by atoms with Crippen molar-refractivity contribution in [2.75, 3.05) is 5.43 Å². The van der Waals surface area contributed by atoms with Gasteiger partial charge in [-0.2, -0.15) is 5.10 Å². The molecule has 1 atom stereocenters. The number of aromatic nitrogens is 3. The molecule has 3 aromatic rings. The highest BCUT2D eigenvalue weighted by atomic mass is 15.4. The van der Waals surface area contributed by atoms with E-state index in [4.69, 9.17) is 0 Å². The topological polar surface area (TPSA) is 34.8 Å². The average Bonchev–Trinajstić information content (AvgIpc) is 3.11. The molecule has 1 aromatic carbocycles. The fourth-order valence-electron chi connectivity index (χ4n) is 2.42. The Morgan fingerprint density at radius 3 is 2.33 bits per heavy atom. The van der Waals surface area contributed by atoms with Gasteiger partial charge < -0.3 is 5.43 Å². The quantitative estimate of drug-likeness (QED) is 0.792. The molecule has 2 heterocycles. The molecule has 0 bridgehead atoms. The SMILES string of the molecule is Cc1ccc(C)n1NC(C)c1cnn(-c2ccccc2)c1. The molecule has 3 rings (SSSR count). The summed E-state index contributed by atoms with van der Waals surface area (Å²) in [5.74, 6) is 0. The molecule has 2 aromatic heterocycles. The molecule has 0 aliphatic carbocycles. The highest BCUT2D eigenvalue weighted by Gasteiger charge is 2.10. The molecule has 4 nitrogen and oxygen atoms in total. The minimum absolute atomic E-state index is 0.187. The molecule has 4 heteroatoms. The smallest absolute Gasteiger partial charge is 0.0676 e. The first-order valence-electron chi connectivity index (χ1n) is 7.16. The Hall–Kier alpha value is -2.49. The van der Waals surface area contributed by atoms with Crippen LogP contribution in [0, 0.1) is 13.8 Å². The van der Waals surface area contributed by atoms with E-state index in [0.29, 0.717) is 0 Å². The number of aryl methyl sites for hydroxylation is 2. The summed E-state index contributed by atoms with van der Waals surface area (Å²) in [4.78, 5) is 0.